The third-order valence-electron chi connectivity index (χ3n) is 5.94. The molecule has 108 valence electrons. The van der Waals surface area contributed by atoms with Crippen molar-refractivity contribution in [2.24, 2.45) is 23.7 Å². The van der Waals surface area contributed by atoms with Gasteiger partial charge in [0, 0.05) is 12.3 Å². The maximum atomic E-state index is 11.8. The zero-order chi connectivity index (χ0) is 14.0. The van der Waals surface area contributed by atoms with E-state index in [0.29, 0.717) is 6.42 Å². The first kappa shape index (κ1) is 13.4. The highest BCUT2D eigenvalue weighted by atomic mass is 16.6. The van der Waals surface area contributed by atoms with E-state index < -0.39 is 11.2 Å². The molecule has 4 heteroatoms. The Morgan fingerprint density at radius 1 is 1.21 bits per heavy atom. The minimum atomic E-state index is -0.852. The Morgan fingerprint density at radius 2 is 1.89 bits per heavy atom. The Hall–Kier alpha value is -0.610. The molecule has 1 heterocycles. The van der Waals surface area contributed by atoms with E-state index in [1.54, 1.807) is 0 Å². The summed E-state index contributed by atoms with van der Waals surface area (Å²) in [5.74, 6) is 0.0461. The highest BCUT2D eigenvalue weighted by Gasteiger charge is 2.58. The van der Waals surface area contributed by atoms with Crippen LogP contribution in [0.1, 0.15) is 46.5 Å². The second kappa shape index (κ2) is 3.95. The smallest absolute Gasteiger partial charge is 0.309 e. The molecule has 3 rings (SSSR count). The number of aliphatic hydroxyl groups is 2. The topological polar surface area (TPSA) is 66.8 Å². The first-order valence-corrected chi connectivity index (χ1v) is 7.37. The summed E-state index contributed by atoms with van der Waals surface area (Å²) >= 11 is 0. The second-order valence-corrected chi connectivity index (χ2v) is 7.33. The van der Waals surface area contributed by atoms with Gasteiger partial charge in [0.1, 0.15) is 6.10 Å². The van der Waals surface area contributed by atoms with Crippen molar-refractivity contribution in [1.82, 2.24) is 0 Å². The van der Waals surface area contributed by atoms with Crippen molar-refractivity contribution in [1.29, 1.82) is 0 Å². The molecule has 0 aromatic carbocycles. The minimum absolute atomic E-state index is 0.0643. The molecule has 1 aliphatic heterocycles. The Balaban J connectivity index is 1.95. The number of carbonyl (C=O) groups excluding carboxylic acids is 1. The number of hydrogen-bond donors (Lipinski definition) is 2. The van der Waals surface area contributed by atoms with Gasteiger partial charge >= 0.3 is 5.97 Å². The normalized spacial score (nSPS) is 57.3. The molecular weight excluding hydrogens is 244 g/mol. The number of hydrogen-bond acceptors (Lipinski definition) is 4. The molecule has 7 atom stereocenters. The van der Waals surface area contributed by atoms with Gasteiger partial charge in [-0.05, 0) is 44.9 Å². The van der Waals surface area contributed by atoms with E-state index in [4.69, 9.17) is 4.74 Å². The number of carbonyl (C=O) groups is 1. The van der Waals surface area contributed by atoms with Crippen molar-refractivity contribution in [3.05, 3.63) is 0 Å². The molecule has 0 aromatic rings. The standard InChI is InChI=1S/C15H24O4/c1-8-9-6-11-10(4-5-14(11,2)17)15(3,18)7-12(9)19-13(8)16/h8-12,17-18H,4-7H2,1-3H3/t8-,9+,10+,11+,12+,14+,15+/m0/s1. The monoisotopic (exact) mass is 268 g/mol. The van der Waals surface area contributed by atoms with E-state index in [1.807, 2.05) is 20.8 Å². The Kier molecular flexibility index (Phi) is 2.78. The van der Waals surface area contributed by atoms with Gasteiger partial charge in [-0.2, -0.15) is 0 Å². The predicted octanol–water partition coefficient (Wildman–Crippen LogP) is 1.49. The van der Waals surface area contributed by atoms with Crippen molar-refractivity contribution in [2.45, 2.75) is 63.8 Å². The highest BCUT2D eigenvalue weighted by Crippen LogP contribution is 2.54. The molecule has 19 heavy (non-hydrogen) atoms. The third-order valence-corrected chi connectivity index (χ3v) is 5.94. The lowest BCUT2D eigenvalue weighted by molar-refractivity contribution is -0.146. The summed E-state index contributed by atoms with van der Waals surface area (Å²) in [4.78, 5) is 11.8. The highest BCUT2D eigenvalue weighted by molar-refractivity contribution is 5.74. The predicted molar refractivity (Wildman–Crippen MR) is 69.2 cm³/mol. The van der Waals surface area contributed by atoms with Crippen LogP contribution in [0.15, 0.2) is 0 Å². The molecule has 2 aliphatic carbocycles. The summed E-state index contributed by atoms with van der Waals surface area (Å²) in [7, 11) is 0. The fourth-order valence-corrected chi connectivity index (χ4v) is 4.67. The lowest BCUT2D eigenvalue weighted by Gasteiger charge is -2.35. The van der Waals surface area contributed by atoms with Crippen molar-refractivity contribution >= 4 is 5.97 Å². The lowest BCUT2D eigenvalue weighted by atomic mass is 9.75. The molecule has 0 aromatic heterocycles. The molecule has 0 amide bonds. The van der Waals surface area contributed by atoms with Crippen LogP contribution in [-0.4, -0.2) is 33.5 Å². The van der Waals surface area contributed by atoms with Gasteiger partial charge in [0.2, 0.25) is 0 Å². The molecule has 4 nitrogen and oxygen atoms in total. The van der Waals surface area contributed by atoms with E-state index in [-0.39, 0.29) is 35.7 Å². The number of esters is 1. The van der Waals surface area contributed by atoms with Crippen LogP contribution in [0.3, 0.4) is 0 Å². The van der Waals surface area contributed by atoms with Crippen molar-refractivity contribution in [3.63, 3.8) is 0 Å². The van der Waals surface area contributed by atoms with Gasteiger partial charge in [-0.3, -0.25) is 4.79 Å². The fraction of sp³-hybridized carbons (Fsp3) is 0.933. The van der Waals surface area contributed by atoms with E-state index in [2.05, 4.69) is 0 Å². The Labute approximate surface area is 114 Å². The van der Waals surface area contributed by atoms with Gasteiger partial charge in [0.05, 0.1) is 17.1 Å². The Bertz CT molecular complexity index is 401. The summed E-state index contributed by atoms with van der Waals surface area (Å²) in [6, 6.07) is 0. The van der Waals surface area contributed by atoms with E-state index >= 15 is 0 Å². The van der Waals surface area contributed by atoms with Crippen molar-refractivity contribution in [2.75, 3.05) is 0 Å². The van der Waals surface area contributed by atoms with Crippen LogP contribution in [0.2, 0.25) is 0 Å². The zero-order valence-electron chi connectivity index (χ0n) is 11.9. The van der Waals surface area contributed by atoms with Crippen LogP contribution in [0.25, 0.3) is 0 Å². The fourth-order valence-electron chi connectivity index (χ4n) is 4.67. The van der Waals surface area contributed by atoms with E-state index in [0.717, 1.165) is 19.3 Å². The van der Waals surface area contributed by atoms with Gasteiger partial charge in [-0.15, -0.1) is 0 Å². The first-order chi connectivity index (χ1) is 8.72. The van der Waals surface area contributed by atoms with Gasteiger partial charge in [0.15, 0.2) is 0 Å². The molecule has 3 aliphatic rings. The van der Waals surface area contributed by atoms with Gasteiger partial charge in [-0.25, -0.2) is 0 Å². The van der Waals surface area contributed by atoms with Crippen LogP contribution in [0.4, 0.5) is 0 Å². The van der Waals surface area contributed by atoms with Crippen LogP contribution in [0, 0.1) is 23.7 Å². The number of fused-ring (bicyclic) bond motifs is 2. The zero-order valence-corrected chi connectivity index (χ0v) is 11.9. The largest absolute Gasteiger partial charge is 0.462 e. The lowest BCUT2D eigenvalue weighted by Crippen LogP contribution is -2.41. The second-order valence-electron chi connectivity index (χ2n) is 7.33. The maximum Gasteiger partial charge on any atom is 0.309 e. The van der Waals surface area contributed by atoms with E-state index in [9.17, 15) is 15.0 Å². The van der Waals surface area contributed by atoms with Gasteiger partial charge < -0.3 is 14.9 Å². The first-order valence-electron chi connectivity index (χ1n) is 7.37. The molecule has 0 unspecified atom stereocenters. The minimum Gasteiger partial charge on any atom is -0.462 e. The average Bonchev–Trinajstić information content (AvgIpc) is 2.66. The van der Waals surface area contributed by atoms with Crippen LogP contribution >= 0.6 is 0 Å². The molecule has 0 radical (unpaired) electrons. The average molecular weight is 268 g/mol. The summed E-state index contributed by atoms with van der Waals surface area (Å²) in [5.41, 5.74) is -1.58. The van der Waals surface area contributed by atoms with E-state index in [1.165, 1.54) is 0 Å². The SMILES string of the molecule is C[C@@H]1C(=O)O[C@@H]2C[C@@](C)(O)[C@@H]3CC[C@@](C)(O)[C@@H]3C[C@H]12. The molecule has 0 spiro atoms. The van der Waals surface area contributed by atoms with Crippen molar-refractivity contribution < 1.29 is 19.7 Å². The molecule has 3 fully saturated rings. The molecule has 0 bridgehead atoms. The molecule has 1 saturated heterocycles. The summed E-state index contributed by atoms with van der Waals surface area (Å²) in [6.07, 6.45) is 2.70. The summed E-state index contributed by atoms with van der Waals surface area (Å²) in [5, 5.41) is 21.4. The van der Waals surface area contributed by atoms with Crippen LogP contribution < -0.4 is 0 Å². The summed E-state index contributed by atoms with van der Waals surface area (Å²) in [6.45, 7) is 5.62. The third kappa shape index (κ3) is 1.91. The van der Waals surface area contributed by atoms with Gasteiger partial charge in [0.25, 0.3) is 0 Å². The quantitative estimate of drug-likeness (QED) is 0.653. The van der Waals surface area contributed by atoms with Crippen LogP contribution in [-0.2, 0) is 9.53 Å². The van der Waals surface area contributed by atoms with Gasteiger partial charge in [-0.1, -0.05) is 6.92 Å². The van der Waals surface area contributed by atoms with Crippen molar-refractivity contribution in [3.8, 4) is 0 Å². The number of ether oxygens (including phenoxy) is 1. The maximum absolute atomic E-state index is 11.8. The summed E-state index contributed by atoms with van der Waals surface area (Å²) < 4.78 is 5.45. The van der Waals surface area contributed by atoms with Crippen LogP contribution in [0.5, 0.6) is 0 Å². The molecule has 2 saturated carbocycles. The Morgan fingerprint density at radius 3 is 2.58 bits per heavy atom. The number of rotatable bonds is 0. The molecular formula is C15H24O4. The molecule has 2 N–H and O–H groups in total.